The highest BCUT2D eigenvalue weighted by atomic mass is 32.2. The summed E-state index contributed by atoms with van der Waals surface area (Å²) in [7, 11) is -2.76. The number of sulfonamides is 1. The first kappa shape index (κ1) is 45.6. The Morgan fingerprint density at radius 1 is 1.03 bits per heavy atom. The van der Waals surface area contributed by atoms with Gasteiger partial charge in [0.05, 0.1) is 29.9 Å². The molecular weight excluding hydrogens is 843 g/mol. The summed E-state index contributed by atoms with van der Waals surface area (Å²) >= 11 is 0. The first-order valence-electron chi connectivity index (χ1n) is 19.9. The van der Waals surface area contributed by atoms with Crippen LogP contribution in [0.4, 0.5) is 31.1 Å². The first-order chi connectivity index (χ1) is 28.4. The number of fused-ring (bicyclic) bond motifs is 3. The minimum Gasteiger partial charge on any atom is -0.497 e. The molecule has 6 rings (SSSR count). The van der Waals surface area contributed by atoms with Gasteiger partial charge in [-0.15, -0.1) is 0 Å². The number of nitrogens with zero attached hydrogens (tertiary/aromatic N) is 3. The molecule has 336 valence electrons. The zero-order chi connectivity index (χ0) is 44.9. The predicted molar refractivity (Wildman–Crippen MR) is 204 cm³/mol. The molecule has 22 heteroatoms. The summed E-state index contributed by atoms with van der Waals surface area (Å²) in [6.45, 7) is 4.20. The number of halogens is 6. The largest absolute Gasteiger partial charge is 0.497 e. The van der Waals surface area contributed by atoms with Gasteiger partial charge in [-0.1, -0.05) is 32.4 Å². The van der Waals surface area contributed by atoms with Crippen molar-refractivity contribution in [1.82, 2.24) is 30.2 Å². The zero-order valence-electron chi connectivity index (χ0n) is 34.0. The number of alkyl halides is 6. The molecule has 1 unspecified atom stereocenters. The second-order valence-electron chi connectivity index (χ2n) is 16.7. The lowest BCUT2D eigenvalue weighted by molar-refractivity contribution is -0.244. The van der Waals surface area contributed by atoms with Crippen molar-refractivity contribution in [2.45, 2.75) is 126 Å². The minimum atomic E-state index is -5.09. The first-order valence-corrected chi connectivity index (χ1v) is 21.4. The SMILES string of the molecule is CC[C@@H]1C[C@H](C)CC/C=C\[C@@H]2C[C@@]2(C(=O)NS(=O)(=O)C2CC2)NC(=O)[C@@H]2CC(Oc3nc4cc(OC)ccc4nc3C(F)(F)F)CN2C(=O)[C@H]1NC(=O)OC(C)(C)C(F)(F)F. The quantitative estimate of drug-likeness (QED) is 0.218. The molecule has 2 aromatic rings. The maximum absolute atomic E-state index is 14.8. The highest BCUT2D eigenvalue weighted by Gasteiger charge is 2.62. The molecule has 4 aliphatic rings. The van der Waals surface area contributed by atoms with Crippen LogP contribution in [0.3, 0.4) is 0 Å². The van der Waals surface area contributed by atoms with E-state index in [9.17, 15) is 53.9 Å². The summed E-state index contributed by atoms with van der Waals surface area (Å²) in [5.74, 6) is -5.33. The molecule has 7 atom stereocenters. The van der Waals surface area contributed by atoms with E-state index in [0.717, 1.165) is 4.90 Å². The van der Waals surface area contributed by atoms with Crippen LogP contribution in [0.15, 0.2) is 30.4 Å². The smallest absolute Gasteiger partial charge is 0.438 e. The van der Waals surface area contributed by atoms with Crippen molar-refractivity contribution in [3.63, 3.8) is 0 Å². The molecule has 15 nitrogen and oxygen atoms in total. The van der Waals surface area contributed by atoms with Gasteiger partial charge >= 0.3 is 18.4 Å². The molecule has 4 amide bonds. The van der Waals surface area contributed by atoms with Crippen LogP contribution in [0.2, 0.25) is 0 Å². The molecule has 2 aliphatic carbocycles. The Morgan fingerprint density at radius 3 is 2.36 bits per heavy atom. The maximum atomic E-state index is 14.8. The lowest BCUT2D eigenvalue weighted by Gasteiger charge is -2.35. The van der Waals surface area contributed by atoms with Gasteiger partial charge in [-0.25, -0.2) is 23.2 Å². The maximum Gasteiger partial charge on any atom is 0.438 e. The number of amides is 4. The molecule has 1 aromatic carbocycles. The third-order valence-electron chi connectivity index (χ3n) is 11.7. The molecule has 0 bridgehead atoms. The molecule has 3 heterocycles. The Bertz CT molecular complexity index is 2180. The summed E-state index contributed by atoms with van der Waals surface area (Å²) in [5.41, 5.74) is -6.49. The topological polar surface area (TPSA) is 195 Å². The number of ether oxygens (including phenoxy) is 3. The number of carbonyl (C=O) groups excluding carboxylic acids is 4. The van der Waals surface area contributed by atoms with Crippen molar-refractivity contribution in [3.8, 4) is 11.6 Å². The second-order valence-corrected chi connectivity index (χ2v) is 18.7. The van der Waals surface area contributed by atoms with Gasteiger partial charge in [-0.05, 0) is 76.3 Å². The Hall–Kier alpha value is -4.89. The van der Waals surface area contributed by atoms with Crippen LogP contribution in [0.5, 0.6) is 11.6 Å². The van der Waals surface area contributed by atoms with E-state index in [-0.39, 0.29) is 42.0 Å². The van der Waals surface area contributed by atoms with Crippen molar-refractivity contribution in [2.75, 3.05) is 13.7 Å². The fourth-order valence-corrected chi connectivity index (χ4v) is 9.10. The summed E-state index contributed by atoms with van der Waals surface area (Å²) < 4.78 is 128. The van der Waals surface area contributed by atoms with E-state index in [4.69, 9.17) is 14.2 Å². The van der Waals surface area contributed by atoms with Gasteiger partial charge in [-0.2, -0.15) is 26.3 Å². The zero-order valence-corrected chi connectivity index (χ0v) is 34.8. The normalized spacial score (nSPS) is 28.3. The van der Waals surface area contributed by atoms with Crippen LogP contribution >= 0.6 is 0 Å². The van der Waals surface area contributed by atoms with Gasteiger partial charge in [0.15, 0.2) is 0 Å². The number of alkyl carbamates (subject to hydrolysis) is 1. The Balaban J connectivity index is 1.40. The standard InChI is InChI=1S/C39H48F6N6O9S/c1-6-21-15-20(2)9-7-8-10-22-18-37(22,34(54)50-61(56,57)25-12-13-25)49-31(52)28-17-24(19-51(28)33(53)29(21)48-35(55)60-36(3,4)39(43,44)45)59-32-30(38(40,41)42)46-26-14-11-23(58-5)16-27(26)47-32/h8,10-11,14,16,20-22,24-25,28-29H,6-7,9,12-13,15,17-19H2,1-5H3,(H,48,55)(H,49,52)(H,50,54)/b10-8-/t20-,21-,22-,24?,28+,29+,37-/m1/s1. The third kappa shape index (κ3) is 9.93. The summed E-state index contributed by atoms with van der Waals surface area (Å²) in [6, 6.07) is 0.722. The van der Waals surface area contributed by atoms with Crippen LogP contribution in [0.1, 0.15) is 84.8 Å². The van der Waals surface area contributed by atoms with Gasteiger partial charge in [0.1, 0.15) is 29.5 Å². The lowest BCUT2D eigenvalue weighted by Crippen LogP contribution is -2.59. The van der Waals surface area contributed by atoms with Crippen LogP contribution in [-0.2, 0) is 35.3 Å². The molecule has 0 spiro atoms. The monoisotopic (exact) mass is 890 g/mol. The Kier molecular flexibility index (Phi) is 12.5. The van der Waals surface area contributed by atoms with E-state index in [1.807, 2.05) is 6.92 Å². The lowest BCUT2D eigenvalue weighted by atomic mass is 9.85. The van der Waals surface area contributed by atoms with Gasteiger partial charge in [0.25, 0.3) is 5.91 Å². The number of allylic oxidation sites excluding steroid dienone is 1. The highest BCUT2D eigenvalue weighted by Crippen LogP contribution is 2.46. The molecule has 3 N–H and O–H groups in total. The molecule has 2 aliphatic heterocycles. The molecule has 61 heavy (non-hydrogen) atoms. The molecular formula is C39H48F6N6O9S. The van der Waals surface area contributed by atoms with Gasteiger partial charge < -0.3 is 29.7 Å². The van der Waals surface area contributed by atoms with Crippen LogP contribution in [0, 0.1) is 17.8 Å². The minimum absolute atomic E-state index is 0.0224. The van der Waals surface area contributed by atoms with Crippen molar-refractivity contribution in [1.29, 1.82) is 0 Å². The predicted octanol–water partition coefficient (Wildman–Crippen LogP) is 5.33. The van der Waals surface area contributed by atoms with Gasteiger partial charge in [0.2, 0.25) is 39.0 Å². The number of nitrogens with one attached hydrogen (secondary N) is 3. The molecule has 1 saturated heterocycles. The van der Waals surface area contributed by atoms with Crippen LogP contribution in [-0.4, -0.2) is 102 Å². The second kappa shape index (κ2) is 16.8. The molecule has 2 saturated carbocycles. The molecule has 1 aromatic heterocycles. The summed E-state index contributed by atoms with van der Waals surface area (Å²) in [6.07, 6.45) is -8.03. The fraction of sp³-hybridized carbons (Fsp3) is 0.641. The van der Waals surface area contributed by atoms with Crippen LogP contribution < -0.4 is 24.8 Å². The fourth-order valence-electron chi connectivity index (χ4n) is 7.73. The summed E-state index contributed by atoms with van der Waals surface area (Å²) in [4.78, 5) is 65.0. The number of hydrogen-bond donors (Lipinski definition) is 3. The van der Waals surface area contributed by atoms with Crippen molar-refractivity contribution >= 4 is 44.9 Å². The summed E-state index contributed by atoms with van der Waals surface area (Å²) in [5, 5.41) is 4.14. The van der Waals surface area contributed by atoms with Crippen LogP contribution in [0.25, 0.3) is 11.0 Å². The number of rotatable bonds is 9. The number of hydrogen-bond acceptors (Lipinski definition) is 11. The van der Waals surface area contributed by atoms with Crippen molar-refractivity contribution in [3.05, 3.63) is 36.0 Å². The van der Waals surface area contributed by atoms with E-state index in [1.54, 1.807) is 19.1 Å². The van der Waals surface area contributed by atoms with E-state index < -0.39 is 117 Å². The van der Waals surface area contributed by atoms with E-state index in [2.05, 4.69) is 25.3 Å². The highest BCUT2D eigenvalue weighted by molar-refractivity contribution is 7.91. The Labute approximate surface area is 347 Å². The third-order valence-corrected chi connectivity index (χ3v) is 13.5. The van der Waals surface area contributed by atoms with Gasteiger partial charge in [0, 0.05) is 18.4 Å². The number of benzene rings is 1. The molecule has 0 radical (unpaired) electrons. The van der Waals surface area contributed by atoms with E-state index >= 15 is 0 Å². The van der Waals surface area contributed by atoms with E-state index in [1.165, 1.54) is 25.3 Å². The number of carbonyl (C=O) groups is 4. The number of methoxy groups -OCH3 is 1. The van der Waals surface area contributed by atoms with Gasteiger partial charge in [-0.3, -0.25) is 19.1 Å². The Morgan fingerprint density at radius 2 is 1.74 bits per heavy atom. The van der Waals surface area contributed by atoms with E-state index in [0.29, 0.717) is 39.5 Å². The average molecular weight is 891 g/mol. The average Bonchev–Trinajstić information content (AvgIpc) is 4.09. The molecule has 3 fully saturated rings. The van der Waals surface area contributed by atoms with Crippen molar-refractivity contribution in [2.24, 2.45) is 17.8 Å². The number of aromatic nitrogens is 2. The van der Waals surface area contributed by atoms with Crippen molar-refractivity contribution < 1.29 is 68.1 Å².